The molecule has 17 heteroatoms. The van der Waals surface area contributed by atoms with Crippen molar-refractivity contribution in [2.75, 3.05) is 39.9 Å². The normalized spacial score (nSPS) is 19.3. The SMILES string of the molecule is CNS(=O)(=O)c1cccc(OCC(O)CN[C@H]2COC3(CCN(S(=O)(=O)c4c[nH]c5cc(F)ccc5c4=O)CC3)C2)c1.Cl.Cl. The molecule has 1 spiro atoms. The zero-order valence-corrected chi connectivity index (χ0v) is 27.0. The molecule has 2 fully saturated rings. The van der Waals surface area contributed by atoms with E-state index in [9.17, 15) is 31.1 Å². The molecule has 3 heterocycles. The summed E-state index contributed by atoms with van der Waals surface area (Å²) in [4.78, 5) is 15.3. The smallest absolute Gasteiger partial charge is 0.248 e. The predicted octanol–water partition coefficient (Wildman–Crippen LogP) is 1.76. The Morgan fingerprint density at radius 3 is 2.59 bits per heavy atom. The van der Waals surface area contributed by atoms with Crippen LogP contribution in [0.1, 0.15) is 19.3 Å². The number of piperidine rings is 1. The molecule has 44 heavy (non-hydrogen) atoms. The Hall–Kier alpha value is -2.34. The zero-order valence-electron chi connectivity index (χ0n) is 23.7. The van der Waals surface area contributed by atoms with Gasteiger partial charge in [0.2, 0.25) is 25.5 Å². The van der Waals surface area contributed by atoms with Crippen LogP contribution in [0.15, 0.2) is 63.2 Å². The topological polar surface area (TPSA) is 167 Å². The number of fused-ring (bicyclic) bond motifs is 1. The number of ether oxygens (including phenoxy) is 2. The minimum Gasteiger partial charge on any atom is -0.491 e. The van der Waals surface area contributed by atoms with Gasteiger partial charge in [0.05, 0.1) is 22.6 Å². The Labute approximate surface area is 267 Å². The first kappa shape index (κ1) is 36.1. The average Bonchev–Trinajstić information content (AvgIpc) is 3.37. The fourth-order valence-corrected chi connectivity index (χ4v) is 7.63. The molecular weight excluding hydrogens is 662 g/mol. The lowest BCUT2D eigenvalue weighted by Gasteiger charge is -2.37. The third kappa shape index (κ3) is 7.71. The molecule has 2 aliphatic heterocycles. The van der Waals surface area contributed by atoms with Crippen LogP contribution in [0.2, 0.25) is 0 Å². The van der Waals surface area contributed by atoms with E-state index >= 15 is 0 Å². The zero-order chi connectivity index (χ0) is 30.1. The fourth-order valence-electron chi connectivity index (χ4n) is 5.37. The van der Waals surface area contributed by atoms with Crippen LogP contribution >= 0.6 is 24.8 Å². The molecule has 2 aliphatic rings. The lowest BCUT2D eigenvalue weighted by molar-refractivity contribution is -0.0312. The van der Waals surface area contributed by atoms with Crippen molar-refractivity contribution < 1.29 is 35.8 Å². The van der Waals surface area contributed by atoms with Gasteiger partial charge in [0.1, 0.15) is 29.2 Å². The molecule has 1 unspecified atom stereocenters. The van der Waals surface area contributed by atoms with Crippen molar-refractivity contribution in [3.05, 3.63) is 64.7 Å². The number of nitrogens with one attached hydrogen (secondary N) is 3. The molecule has 2 atom stereocenters. The van der Waals surface area contributed by atoms with Crippen LogP contribution in [0.3, 0.4) is 0 Å². The van der Waals surface area contributed by atoms with E-state index in [0.29, 0.717) is 31.6 Å². The molecule has 0 amide bonds. The number of H-pyrrole nitrogens is 1. The van der Waals surface area contributed by atoms with Gasteiger partial charge in [-0.3, -0.25) is 4.79 Å². The van der Waals surface area contributed by atoms with E-state index in [-0.39, 0.29) is 77.8 Å². The van der Waals surface area contributed by atoms with Crippen molar-refractivity contribution >= 4 is 55.8 Å². The third-order valence-corrected chi connectivity index (χ3v) is 11.1. The van der Waals surface area contributed by atoms with Crippen LogP contribution in [0.4, 0.5) is 4.39 Å². The van der Waals surface area contributed by atoms with E-state index in [2.05, 4.69) is 15.0 Å². The summed E-state index contributed by atoms with van der Waals surface area (Å²) < 4.78 is 79.3. The summed E-state index contributed by atoms with van der Waals surface area (Å²) in [6.45, 7) is 0.910. The molecule has 12 nitrogen and oxygen atoms in total. The van der Waals surface area contributed by atoms with Crippen molar-refractivity contribution in [2.24, 2.45) is 0 Å². The standard InChI is InChI=1S/C27H33FN4O8S2.2ClH/c1-29-41(35,36)22-4-2-3-21(12-22)39-17-20(33)14-30-19-13-27(40-16-19)7-9-32(10-8-27)42(37,38)25-15-31-24-11-18(28)5-6-23(24)26(25)34;;/h2-6,11-12,15,19-20,29-30,33H,7-10,13-14,16-17H2,1H3,(H,31,34);2*1H/t19-,20?;;/m1../s1. The maximum absolute atomic E-state index is 13.5. The summed E-state index contributed by atoms with van der Waals surface area (Å²) in [6.07, 6.45) is 1.76. The van der Waals surface area contributed by atoms with Gasteiger partial charge in [0, 0.05) is 43.3 Å². The molecule has 2 aromatic carbocycles. The molecule has 0 saturated carbocycles. The number of nitrogens with zero attached hydrogens (tertiary/aromatic N) is 1. The van der Waals surface area contributed by atoms with E-state index in [0.717, 1.165) is 18.3 Å². The highest BCUT2D eigenvalue weighted by atomic mass is 35.5. The quantitative estimate of drug-likeness (QED) is 0.247. The van der Waals surface area contributed by atoms with E-state index < -0.39 is 43.0 Å². The number of pyridine rings is 1. The van der Waals surface area contributed by atoms with Gasteiger partial charge in [-0.15, -0.1) is 24.8 Å². The first-order valence-electron chi connectivity index (χ1n) is 13.5. The first-order valence-corrected chi connectivity index (χ1v) is 16.4. The van der Waals surface area contributed by atoms with Crippen LogP contribution < -0.4 is 20.2 Å². The summed E-state index contributed by atoms with van der Waals surface area (Å²) in [7, 11) is -6.37. The number of hydrogen-bond donors (Lipinski definition) is 4. The molecular formula is C27H35Cl2FN4O8S2. The van der Waals surface area contributed by atoms with Gasteiger partial charge < -0.3 is 24.9 Å². The number of halogens is 3. The molecule has 244 valence electrons. The van der Waals surface area contributed by atoms with Crippen molar-refractivity contribution in [3.8, 4) is 5.75 Å². The molecule has 0 bridgehead atoms. The molecule has 1 aromatic heterocycles. The highest BCUT2D eigenvalue weighted by molar-refractivity contribution is 7.89. The number of rotatable bonds is 10. The molecule has 4 N–H and O–H groups in total. The number of sulfonamides is 2. The molecule has 2 saturated heterocycles. The number of aromatic nitrogens is 1. The van der Waals surface area contributed by atoms with E-state index in [4.69, 9.17) is 9.47 Å². The minimum atomic E-state index is -4.08. The van der Waals surface area contributed by atoms with Crippen molar-refractivity contribution in [2.45, 2.75) is 46.8 Å². The number of benzene rings is 2. The van der Waals surface area contributed by atoms with Crippen LogP contribution in [0, 0.1) is 5.82 Å². The van der Waals surface area contributed by atoms with Gasteiger partial charge in [-0.25, -0.2) is 25.9 Å². The maximum Gasteiger partial charge on any atom is 0.248 e. The number of aliphatic hydroxyl groups is 1. The third-order valence-electron chi connectivity index (χ3n) is 7.74. The lowest BCUT2D eigenvalue weighted by atomic mass is 9.88. The number of hydrogen-bond acceptors (Lipinski definition) is 9. The van der Waals surface area contributed by atoms with E-state index in [1.54, 1.807) is 12.1 Å². The Morgan fingerprint density at radius 1 is 1.16 bits per heavy atom. The van der Waals surface area contributed by atoms with Crippen LogP contribution in [-0.4, -0.2) is 88.9 Å². The minimum absolute atomic E-state index is 0. The van der Waals surface area contributed by atoms with Crippen LogP contribution in [-0.2, 0) is 24.8 Å². The van der Waals surface area contributed by atoms with Gasteiger partial charge in [0.25, 0.3) is 0 Å². The van der Waals surface area contributed by atoms with Gasteiger partial charge >= 0.3 is 0 Å². The number of aliphatic hydroxyl groups excluding tert-OH is 1. The molecule has 3 aromatic rings. The highest BCUT2D eigenvalue weighted by Gasteiger charge is 2.45. The van der Waals surface area contributed by atoms with Crippen LogP contribution in [0.25, 0.3) is 10.9 Å². The van der Waals surface area contributed by atoms with Crippen LogP contribution in [0.5, 0.6) is 5.75 Å². The van der Waals surface area contributed by atoms with Gasteiger partial charge in [0.15, 0.2) is 0 Å². The Morgan fingerprint density at radius 2 is 1.89 bits per heavy atom. The number of aromatic amines is 1. The summed E-state index contributed by atoms with van der Waals surface area (Å²) >= 11 is 0. The monoisotopic (exact) mass is 696 g/mol. The molecule has 0 aliphatic carbocycles. The summed E-state index contributed by atoms with van der Waals surface area (Å²) in [5.74, 6) is -0.220. The lowest BCUT2D eigenvalue weighted by Crippen LogP contribution is -2.47. The van der Waals surface area contributed by atoms with Gasteiger partial charge in [-0.1, -0.05) is 6.07 Å². The fraction of sp³-hybridized carbons (Fsp3) is 0.444. The largest absolute Gasteiger partial charge is 0.491 e. The highest BCUT2D eigenvalue weighted by Crippen LogP contribution is 2.37. The van der Waals surface area contributed by atoms with E-state index in [1.165, 1.54) is 29.6 Å². The Balaban J connectivity index is 0.00000264. The van der Waals surface area contributed by atoms with Crippen molar-refractivity contribution in [1.29, 1.82) is 0 Å². The van der Waals surface area contributed by atoms with E-state index in [1.807, 2.05) is 0 Å². The summed E-state index contributed by atoms with van der Waals surface area (Å²) in [5.41, 5.74) is -0.971. The first-order chi connectivity index (χ1) is 19.9. The summed E-state index contributed by atoms with van der Waals surface area (Å²) in [5, 5.41) is 13.8. The Kier molecular flexibility index (Phi) is 11.8. The molecule has 0 radical (unpaired) electrons. The average molecular weight is 698 g/mol. The summed E-state index contributed by atoms with van der Waals surface area (Å²) in [6, 6.07) is 9.45. The Bertz CT molecular complexity index is 1740. The maximum atomic E-state index is 13.5. The van der Waals surface area contributed by atoms with Crippen molar-refractivity contribution in [3.63, 3.8) is 0 Å². The van der Waals surface area contributed by atoms with Crippen molar-refractivity contribution in [1.82, 2.24) is 19.3 Å². The molecule has 5 rings (SSSR count). The predicted molar refractivity (Wildman–Crippen MR) is 166 cm³/mol. The van der Waals surface area contributed by atoms with Gasteiger partial charge in [-0.05, 0) is 56.6 Å². The van der Waals surface area contributed by atoms with Gasteiger partial charge in [-0.2, -0.15) is 4.31 Å². The second-order valence-corrected chi connectivity index (χ2v) is 14.3. The second-order valence-electron chi connectivity index (χ2n) is 10.5. The second kappa shape index (κ2) is 14.4.